The Bertz CT molecular complexity index is 367. The lowest BCUT2D eigenvalue weighted by atomic mass is 10.1. The first-order chi connectivity index (χ1) is 8.81. The van der Waals surface area contributed by atoms with Gasteiger partial charge >= 0.3 is 0 Å². The van der Waals surface area contributed by atoms with Gasteiger partial charge in [0, 0.05) is 16.5 Å². The summed E-state index contributed by atoms with van der Waals surface area (Å²) in [5.41, 5.74) is 1.32. The van der Waals surface area contributed by atoms with Crippen LogP contribution in [0.15, 0.2) is 24.3 Å². The van der Waals surface area contributed by atoms with E-state index < -0.39 is 0 Å². The van der Waals surface area contributed by atoms with Crippen LogP contribution in [0.25, 0.3) is 0 Å². The summed E-state index contributed by atoms with van der Waals surface area (Å²) in [6.45, 7) is 10.9. The molecule has 0 bridgehead atoms. The molecule has 1 rings (SSSR count). The monoisotopic (exact) mass is 281 g/mol. The third-order valence-electron chi connectivity index (χ3n) is 2.69. The van der Waals surface area contributed by atoms with Crippen LogP contribution in [0.4, 0.5) is 0 Å². The van der Waals surface area contributed by atoms with Crippen molar-refractivity contribution in [1.29, 1.82) is 0 Å². The third kappa shape index (κ3) is 6.35. The van der Waals surface area contributed by atoms with Crippen molar-refractivity contribution >= 4 is 11.8 Å². The van der Waals surface area contributed by atoms with Crippen LogP contribution in [0.2, 0.25) is 0 Å². The lowest BCUT2D eigenvalue weighted by molar-refractivity contribution is 0.242. The Morgan fingerprint density at radius 1 is 1.16 bits per heavy atom. The van der Waals surface area contributed by atoms with Crippen molar-refractivity contribution in [2.24, 2.45) is 0 Å². The molecule has 1 N–H and O–H groups in total. The van der Waals surface area contributed by atoms with Gasteiger partial charge in [-0.15, -0.1) is 0 Å². The van der Waals surface area contributed by atoms with E-state index in [-0.39, 0.29) is 6.10 Å². The molecule has 0 amide bonds. The van der Waals surface area contributed by atoms with Crippen LogP contribution in [0.1, 0.15) is 46.2 Å². The molecule has 108 valence electrons. The molecule has 0 saturated carbocycles. The highest BCUT2D eigenvalue weighted by Crippen LogP contribution is 2.29. The zero-order valence-corrected chi connectivity index (χ0v) is 13.8. The van der Waals surface area contributed by atoms with Gasteiger partial charge in [-0.2, -0.15) is 11.8 Å². The Morgan fingerprint density at radius 3 is 2.16 bits per heavy atom. The second-order valence-electron chi connectivity index (χ2n) is 6.00. The van der Waals surface area contributed by atoms with Gasteiger partial charge in [0.1, 0.15) is 5.75 Å². The van der Waals surface area contributed by atoms with Crippen molar-refractivity contribution < 1.29 is 4.74 Å². The molecule has 0 spiro atoms. The second kappa shape index (κ2) is 7.20. The summed E-state index contributed by atoms with van der Waals surface area (Å²) in [6, 6.07) is 8.81. The smallest absolute Gasteiger partial charge is 0.119 e. The molecule has 1 aromatic carbocycles. The summed E-state index contributed by atoms with van der Waals surface area (Å²) in [4.78, 5) is 0. The summed E-state index contributed by atoms with van der Waals surface area (Å²) in [5, 5.41) is 3.39. The van der Waals surface area contributed by atoms with Gasteiger partial charge in [-0.25, -0.2) is 0 Å². The van der Waals surface area contributed by atoms with Crippen LogP contribution in [-0.2, 0) is 0 Å². The fourth-order valence-electron chi connectivity index (χ4n) is 1.73. The largest absolute Gasteiger partial charge is 0.491 e. The minimum Gasteiger partial charge on any atom is -0.491 e. The number of thioether (sulfide) groups is 1. The van der Waals surface area contributed by atoms with Crippen molar-refractivity contribution in [1.82, 2.24) is 5.32 Å². The van der Waals surface area contributed by atoms with E-state index in [4.69, 9.17) is 4.74 Å². The number of nitrogens with one attached hydrogen (secondary N) is 1. The lowest BCUT2D eigenvalue weighted by Gasteiger charge is -2.23. The van der Waals surface area contributed by atoms with Crippen LogP contribution in [0, 0.1) is 0 Å². The predicted molar refractivity (Wildman–Crippen MR) is 86.2 cm³/mol. The van der Waals surface area contributed by atoms with E-state index >= 15 is 0 Å². The molecule has 2 nitrogen and oxygen atoms in total. The molecule has 1 unspecified atom stereocenters. The highest BCUT2D eigenvalue weighted by Gasteiger charge is 2.16. The average molecular weight is 281 g/mol. The molecule has 1 atom stereocenters. The first-order valence-electron chi connectivity index (χ1n) is 6.89. The zero-order chi connectivity index (χ0) is 14.5. The predicted octanol–water partition coefficient (Wildman–Crippen LogP) is 4.27. The summed E-state index contributed by atoms with van der Waals surface area (Å²) in [7, 11) is 2.02. The Balaban J connectivity index is 2.66. The number of ether oxygens (including phenoxy) is 1. The van der Waals surface area contributed by atoms with Crippen molar-refractivity contribution in [3.05, 3.63) is 29.8 Å². The van der Waals surface area contributed by atoms with Crippen molar-refractivity contribution in [2.75, 3.05) is 12.8 Å². The molecular formula is C16H27NOS. The van der Waals surface area contributed by atoms with Crippen molar-refractivity contribution in [3.63, 3.8) is 0 Å². The number of hydrogen-bond acceptors (Lipinski definition) is 3. The topological polar surface area (TPSA) is 21.3 Å². The van der Waals surface area contributed by atoms with Crippen LogP contribution < -0.4 is 10.1 Å². The normalized spacial score (nSPS) is 13.6. The molecule has 0 radical (unpaired) electrons. The second-order valence-corrected chi connectivity index (χ2v) is 7.85. The Kier molecular flexibility index (Phi) is 6.21. The van der Waals surface area contributed by atoms with E-state index in [1.165, 1.54) is 5.56 Å². The molecule has 0 aliphatic heterocycles. The van der Waals surface area contributed by atoms with Crippen LogP contribution in [-0.4, -0.2) is 23.7 Å². The molecule has 3 heteroatoms. The minimum absolute atomic E-state index is 0.224. The Labute approximate surface area is 122 Å². The molecular weight excluding hydrogens is 254 g/mol. The SMILES string of the molecule is CNC(CSC(C)(C)C)c1ccc(OC(C)C)cc1. The first kappa shape index (κ1) is 16.4. The van der Waals surface area contributed by atoms with Gasteiger partial charge in [-0.05, 0) is 38.6 Å². The van der Waals surface area contributed by atoms with Gasteiger partial charge in [0.25, 0.3) is 0 Å². The maximum atomic E-state index is 5.67. The minimum atomic E-state index is 0.224. The third-order valence-corrected chi connectivity index (χ3v) is 4.05. The quantitative estimate of drug-likeness (QED) is 0.841. The summed E-state index contributed by atoms with van der Waals surface area (Å²) < 4.78 is 5.97. The van der Waals surface area contributed by atoms with Crippen LogP contribution >= 0.6 is 11.8 Å². The standard InChI is InChI=1S/C16H27NOS/c1-12(2)18-14-9-7-13(8-10-14)15(17-6)11-19-16(3,4)5/h7-10,12,15,17H,11H2,1-6H3. The van der Waals surface area contributed by atoms with Gasteiger partial charge in [0.2, 0.25) is 0 Å². The molecule has 19 heavy (non-hydrogen) atoms. The van der Waals surface area contributed by atoms with E-state index in [0.717, 1.165) is 11.5 Å². The molecule has 1 aromatic rings. The van der Waals surface area contributed by atoms with Gasteiger partial charge in [-0.3, -0.25) is 0 Å². The average Bonchev–Trinajstić information content (AvgIpc) is 2.29. The summed E-state index contributed by atoms with van der Waals surface area (Å²) in [6.07, 6.45) is 0.224. The van der Waals surface area contributed by atoms with Gasteiger partial charge in [-0.1, -0.05) is 32.9 Å². The fourth-order valence-corrected chi connectivity index (χ4v) is 2.76. The first-order valence-corrected chi connectivity index (χ1v) is 7.88. The lowest BCUT2D eigenvalue weighted by Crippen LogP contribution is -2.21. The van der Waals surface area contributed by atoms with E-state index in [2.05, 4.69) is 50.4 Å². The summed E-state index contributed by atoms with van der Waals surface area (Å²) in [5.74, 6) is 2.02. The number of benzene rings is 1. The molecule has 0 saturated heterocycles. The Morgan fingerprint density at radius 2 is 1.74 bits per heavy atom. The molecule has 0 aliphatic carbocycles. The van der Waals surface area contributed by atoms with Crippen molar-refractivity contribution in [3.8, 4) is 5.75 Å². The van der Waals surface area contributed by atoms with Crippen LogP contribution in [0.3, 0.4) is 0 Å². The fraction of sp³-hybridized carbons (Fsp3) is 0.625. The maximum Gasteiger partial charge on any atom is 0.119 e. The summed E-state index contributed by atoms with van der Waals surface area (Å²) >= 11 is 1.98. The number of rotatable bonds is 6. The van der Waals surface area contributed by atoms with Crippen LogP contribution in [0.5, 0.6) is 5.75 Å². The molecule has 0 aromatic heterocycles. The van der Waals surface area contributed by atoms with E-state index in [1.54, 1.807) is 0 Å². The highest BCUT2D eigenvalue weighted by atomic mass is 32.2. The Hall–Kier alpha value is -0.670. The molecule has 0 aliphatic rings. The van der Waals surface area contributed by atoms with Gasteiger partial charge in [0.15, 0.2) is 0 Å². The van der Waals surface area contributed by atoms with E-state index in [9.17, 15) is 0 Å². The highest BCUT2D eigenvalue weighted by molar-refractivity contribution is 8.00. The van der Waals surface area contributed by atoms with Crippen molar-refractivity contribution in [2.45, 2.75) is 51.5 Å². The van der Waals surface area contributed by atoms with Gasteiger partial charge < -0.3 is 10.1 Å². The van der Waals surface area contributed by atoms with E-state index in [1.807, 2.05) is 32.7 Å². The molecule has 0 heterocycles. The maximum absolute atomic E-state index is 5.67. The zero-order valence-electron chi connectivity index (χ0n) is 13.0. The van der Waals surface area contributed by atoms with E-state index in [0.29, 0.717) is 10.8 Å². The number of hydrogen-bond donors (Lipinski definition) is 1. The van der Waals surface area contributed by atoms with Gasteiger partial charge in [0.05, 0.1) is 6.10 Å². The molecule has 0 fully saturated rings.